The number of aryl methyl sites for hydroxylation is 1. The summed E-state index contributed by atoms with van der Waals surface area (Å²) in [5.41, 5.74) is 4.97. The quantitative estimate of drug-likeness (QED) is 0.587. The van der Waals surface area contributed by atoms with Crippen LogP contribution in [0.1, 0.15) is 42.3 Å². The first-order valence-corrected chi connectivity index (χ1v) is 9.09. The number of carbonyl (C=O) groups excluding carboxylic acids is 1. The van der Waals surface area contributed by atoms with Gasteiger partial charge < -0.3 is 9.73 Å². The Morgan fingerprint density at radius 2 is 2.11 bits per heavy atom. The van der Waals surface area contributed by atoms with Crippen LogP contribution in [0.25, 0.3) is 16.6 Å². The van der Waals surface area contributed by atoms with Gasteiger partial charge in [-0.05, 0) is 48.2 Å². The molecule has 27 heavy (non-hydrogen) atoms. The van der Waals surface area contributed by atoms with Crippen molar-refractivity contribution in [2.45, 2.75) is 39.7 Å². The molecule has 0 fully saturated rings. The van der Waals surface area contributed by atoms with Gasteiger partial charge in [-0.1, -0.05) is 19.9 Å². The van der Waals surface area contributed by atoms with E-state index in [-0.39, 0.29) is 12.3 Å². The van der Waals surface area contributed by atoms with Crippen molar-refractivity contribution in [2.24, 2.45) is 0 Å². The van der Waals surface area contributed by atoms with Crippen LogP contribution in [0.15, 0.2) is 47.2 Å². The van der Waals surface area contributed by atoms with Gasteiger partial charge in [-0.2, -0.15) is 0 Å². The molecule has 4 aromatic rings. The van der Waals surface area contributed by atoms with Gasteiger partial charge in [0.2, 0.25) is 5.91 Å². The molecule has 6 nitrogen and oxygen atoms in total. The number of carbonyl (C=O) groups is 1. The number of nitrogens with zero attached hydrogens (tertiary/aromatic N) is 3. The van der Waals surface area contributed by atoms with E-state index in [9.17, 15) is 4.79 Å². The number of nitrogens with one attached hydrogen (secondary N) is 1. The number of hydrogen-bond donors (Lipinski definition) is 1. The summed E-state index contributed by atoms with van der Waals surface area (Å²) < 4.78 is 7.53. The molecule has 3 aromatic heterocycles. The van der Waals surface area contributed by atoms with Crippen molar-refractivity contribution in [1.29, 1.82) is 0 Å². The van der Waals surface area contributed by atoms with Gasteiger partial charge in [0.15, 0.2) is 11.5 Å². The minimum atomic E-state index is -0.0722. The van der Waals surface area contributed by atoms with Crippen LogP contribution in [0, 0.1) is 6.92 Å². The normalized spacial score (nSPS) is 11.6. The number of hydrogen-bond acceptors (Lipinski definition) is 4. The van der Waals surface area contributed by atoms with Gasteiger partial charge in [0, 0.05) is 17.1 Å². The number of amides is 1. The second kappa shape index (κ2) is 6.87. The van der Waals surface area contributed by atoms with Gasteiger partial charge in [-0.25, -0.2) is 0 Å². The summed E-state index contributed by atoms with van der Waals surface area (Å²) in [6.07, 6.45) is 3.83. The molecule has 0 bridgehead atoms. The molecular formula is C21H22N4O2. The van der Waals surface area contributed by atoms with Gasteiger partial charge >= 0.3 is 0 Å². The Hall–Kier alpha value is -3.15. The van der Waals surface area contributed by atoms with E-state index in [0.29, 0.717) is 18.3 Å². The first kappa shape index (κ1) is 17.3. The average molecular weight is 362 g/mol. The molecule has 0 aliphatic rings. The van der Waals surface area contributed by atoms with Crippen LogP contribution in [-0.2, 0) is 17.8 Å². The second-order valence-electron chi connectivity index (χ2n) is 7.12. The van der Waals surface area contributed by atoms with E-state index in [4.69, 9.17) is 4.42 Å². The summed E-state index contributed by atoms with van der Waals surface area (Å²) in [6, 6.07) is 9.89. The van der Waals surface area contributed by atoms with Crippen molar-refractivity contribution in [3.8, 4) is 0 Å². The standard InChI is InChI=1S/C21H22N4O2/c1-13(2)16-10-17-15(12-27-18(17)8-14(16)3)9-21(26)22-11-20-24-23-19-6-4-5-7-25(19)20/h4-8,10,12-13H,9,11H2,1-3H3,(H,22,26). The highest BCUT2D eigenvalue weighted by Gasteiger charge is 2.14. The zero-order valence-corrected chi connectivity index (χ0v) is 15.7. The van der Waals surface area contributed by atoms with Crippen molar-refractivity contribution in [3.05, 3.63) is 65.3 Å². The molecule has 0 spiro atoms. The van der Waals surface area contributed by atoms with Crippen LogP contribution in [0.2, 0.25) is 0 Å². The Kier molecular flexibility index (Phi) is 4.39. The summed E-state index contributed by atoms with van der Waals surface area (Å²) >= 11 is 0. The number of benzene rings is 1. The predicted octanol–water partition coefficient (Wildman–Crippen LogP) is 3.77. The minimum absolute atomic E-state index is 0.0722. The lowest BCUT2D eigenvalue weighted by atomic mass is 9.95. The topological polar surface area (TPSA) is 72.4 Å². The molecule has 1 amide bonds. The first-order chi connectivity index (χ1) is 13.0. The van der Waals surface area contributed by atoms with Crippen molar-refractivity contribution in [2.75, 3.05) is 0 Å². The maximum absolute atomic E-state index is 12.5. The van der Waals surface area contributed by atoms with Crippen LogP contribution in [0.4, 0.5) is 0 Å². The molecule has 0 radical (unpaired) electrons. The van der Waals surface area contributed by atoms with Crippen molar-refractivity contribution in [3.63, 3.8) is 0 Å². The lowest BCUT2D eigenvalue weighted by Crippen LogP contribution is -2.25. The summed E-state index contributed by atoms with van der Waals surface area (Å²) in [6.45, 7) is 6.76. The van der Waals surface area contributed by atoms with Gasteiger partial charge in [-0.3, -0.25) is 9.20 Å². The Morgan fingerprint density at radius 3 is 2.93 bits per heavy atom. The molecule has 6 heteroatoms. The summed E-state index contributed by atoms with van der Waals surface area (Å²) in [5.74, 6) is 1.05. The van der Waals surface area contributed by atoms with Crippen LogP contribution >= 0.6 is 0 Å². The van der Waals surface area contributed by atoms with Gasteiger partial charge in [0.1, 0.15) is 5.58 Å². The first-order valence-electron chi connectivity index (χ1n) is 9.09. The summed E-state index contributed by atoms with van der Waals surface area (Å²) in [4.78, 5) is 12.5. The van der Waals surface area contributed by atoms with E-state index in [1.54, 1.807) is 6.26 Å². The number of furan rings is 1. The molecule has 3 heterocycles. The smallest absolute Gasteiger partial charge is 0.224 e. The van der Waals surface area contributed by atoms with Crippen molar-refractivity contribution in [1.82, 2.24) is 19.9 Å². The Morgan fingerprint density at radius 1 is 1.26 bits per heavy atom. The van der Waals surface area contributed by atoms with E-state index in [1.807, 2.05) is 28.8 Å². The Bertz CT molecular complexity index is 1120. The lowest BCUT2D eigenvalue weighted by Gasteiger charge is -2.10. The minimum Gasteiger partial charge on any atom is -0.464 e. The zero-order valence-electron chi connectivity index (χ0n) is 15.7. The van der Waals surface area contributed by atoms with Crippen LogP contribution in [0.3, 0.4) is 0 Å². The highest BCUT2D eigenvalue weighted by Crippen LogP contribution is 2.29. The lowest BCUT2D eigenvalue weighted by molar-refractivity contribution is -0.120. The van der Waals surface area contributed by atoms with Crippen molar-refractivity contribution < 1.29 is 9.21 Å². The van der Waals surface area contributed by atoms with Crippen LogP contribution in [0.5, 0.6) is 0 Å². The van der Waals surface area contributed by atoms with Crippen LogP contribution < -0.4 is 5.32 Å². The molecule has 0 unspecified atom stereocenters. The number of fused-ring (bicyclic) bond motifs is 2. The Balaban J connectivity index is 1.50. The molecule has 1 N–H and O–H groups in total. The second-order valence-corrected chi connectivity index (χ2v) is 7.12. The third-order valence-electron chi connectivity index (χ3n) is 4.84. The van der Waals surface area contributed by atoms with E-state index >= 15 is 0 Å². The third-order valence-corrected chi connectivity index (χ3v) is 4.84. The molecule has 4 rings (SSSR count). The fourth-order valence-electron chi connectivity index (χ4n) is 3.43. The number of rotatable bonds is 5. The summed E-state index contributed by atoms with van der Waals surface area (Å²) in [5, 5.41) is 12.2. The van der Waals surface area contributed by atoms with Gasteiger partial charge in [0.05, 0.1) is 19.2 Å². The van der Waals surface area contributed by atoms with Crippen LogP contribution in [-0.4, -0.2) is 20.5 Å². The fourth-order valence-corrected chi connectivity index (χ4v) is 3.43. The van der Waals surface area contributed by atoms with Gasteiger partial charge in [0.25, 0.3) is 0 Å². The molecular weight excluding hydrogens is 340 g/mol. The predicted molar refractivity (Wildman–Crippen MR) is 104 cm³/mol. The molecule has 138 valence electrons. The Labute approximate surface area is 157 Å². The summed E-state index contributed by atoms with van der Waals surface area (Å²) in [7, 11) is 0. The molecule has 0 saturated carbocycles. The average Bonchev–Trinajstić information content (AvgIpc) is 3.23. The third kappa shape index (κ3) is 3.30. The number of pyridine rings is 1. The monoisotopic (exact) mass is 362 g/mol. The van der Waals surface area contributed by atoms with Gasteiger partial charge in [-0.15, -0.1) is 10.2 Å². The SMILES string of the molecule is Cc1cc2occ(CC(=O)NCc3nnc4ccccn34)c2cc1C(C)C. The van der Waals surface area contributed by atoms with Crippen molar-refractivity contribution >= 4 is 22.5 Å². The highest BCUT2D eigenvalue weighted by atomic mass is 16.3. The largest absolute Gasteiger partial charge is 0.464 e. The maximum Gasteiger partial charge on any atom is 0.224 e. The molecule has 0 saturated heterocycles. The van der Waals surface area contributed by atoms with E-state index < -0.39 is 0 Å². The molecule has 0 atom stereocenters. The number of aromatic nitrogens is 3. The van der Waals surface area contributed by atoms with E-state index in [0.717, 1.165) is 22.2 Å². The molecule has 1 aromatic carbocycles. The van der Waals surface area contributed by atoms with E-state index in [1.165, 1.54) is 11.1 Å². The zero-order chi connectivity index (χ0) is 19.0. The molecule has 0 aliphatic carbocycles. The molecule has 0 aliphatic heterocycles. The fraction of sp³-hybridized carbons (Fsp3) is 0.286. The maximum atomic E-state index is 12.5. The van der Waals surface area contributed by atoms with E-state index in [2.05, 4.69) is 48.4 Å². The highest BCUT2D eigenvalue weighted by molar-refractivity contribution is 5.88.